The normalized spacial score (nSPS) is 20.1. The van der Waals surface area contributed by atoms with Gasteiger partial charge in [0.1, 0.15) is 12.4 Å². The Kier molecular flexibility index (Phi) is 4.94. The van der Waals surface area contributed by atoms with E-state index in [1.807, 2.05) is 29.8 Å². The second-order valence-corrected chi connectivity index (χ2v) is 7.23. The maximum absolute atomic E-state index is 12.7. The zero-order valence-electron chi connectivity index (χ0n) is 15.6. The Hall–Kier alpha value is -2.66. The lowest BCUT2D eigenvalue weighted by atomic mass is 9.86. The van der Waals surface area contributed by atoms with Crippen molar-refractivity contribution in [2.75, 3.05) is 13.1 Å². The van der Waals surface area contributed by atoms with Gasteiger partial charge in [0.05, 0.1) is 6.10 Å². The largest absolute Gasteiger partial charge is 0.391 e. The van der Waals surface area contributed by atoms with Crippen molar-refractivity contribution < 1.29 is 9.90 Å². The molecule has 2 heterocycles. The topological polar surface area (TPSA) is 58.4 Å². The minimum atomic E-state index is -0.544. The molecular formula is C22H25N3O2. The summed E-state index contributed by atoms with van der Waals surface area (Å²) in [4.78, 5) is 18.7. The zero-order valence-corrected chi connectivity index (χ0v) is 15.6. The number of benzene rings is 2. The Balaban J connectivity index is 1.44. The van der Waals surface area contributed by atoms with Crippen molar-refractivity contribution in [2.45, 2.75) is 38.3 Å². The number of aliphatic hydroxyl groups excluding tert-OH is 1. The molecule has 1 amide bonds. The number of amides is 1. The summed E-state index contributed by atoms with van der Waals surface area (Å²) in [6, 6.07) is 14.6. The van der Waals surface area contributed by atoms with Crippen molar-refractivity contribution in [2.24, 2.45) is 0 Å². The van der Waals surface area contributed by atoms with Gasteiger partial charge in [0, 0.05) is 37.8 Å². The molecule has 0 aliphatic carbocycles. The van der Waals surface area contributed by atoms with Gasteiger partial charge in [0.15, 0.2) is 0 Å². The third-order valence-corrected chi connectivity index (χ3v) is 5.56. The van der Waals surface area contributed by atoms with Gasteiger partial charge in [-0.05, 0) is 22.8 Å². The van der Waals surface area contributed by atoms with Gasteiger partial charge in [-0.2, -0.15) is 0 Å². The van der Waals surface area contributed by atoms with E-state index in [1.54, 1.807) is 11.1 Å². The summed E-state index contributed by atoms with van der Waals surface area (Å²) >= 11 is 0. The van der Waals surface area contributed by atoms with Gasteiger partial charge >= 0.3 is 0 Å². The first-order chi connectivity index (χ1) is 13.2. The van der Waals surface area contributed by atoms with E-state index in [4.69, 9.17) is 0 Å². The summed E-state index contributed by atoms with van der Waals surface area (Å²) in [7, 11) is 0. The van der Waals surface area contributed by atoms with E-state index in [-0.39, 0.29) is 18.4 Å². The first kappa shape index (κ1) is 17.7. The number of hydrogen-bond donors (Lipinski definition) is 1. The molecule has 1 saturated heterocycles. The summed E-state index contributed by atoms with van der Waals surface area (Å²) in [6.45, 7) is 3.37. The molecule has 2 atom stereocenters. The minimum Gasteiger partial charge on any atom is -0.391 e. The molecule has 4 rings (SSSR count). The Morgan fingerprint density at radius 3 is 2.81 bits per heavy atom. The Labute approximate surface area is 159 Å². The van der Waals surface area contributed by atoms with Gasteiger partial charge in [-0.1, -0.05) is 49.4 Å². The predicted molar refractivity (Wildman–Crippen MR) is 105 cm³/mol. The number of aliphatic hydroxyl groups is 1. The van der Waals surface area contributed by atoms with Crippen LogP contribution in [0, 0.1) is 0 Å². The van der Waals surface area contributed by atoms with Crippen molar-refractivity contribution >= 4 is 16.7 Å². The molecule has 140 valence electrons. The molecule has 5 nitrogen and oxygen atoms in total. The highest BCUT2D eigenvalue weighted by molar-refractivity contribution is 5.83. The van der Waals surface area contributed by atoms with Crippen LogP contribution >= 0.6 is 0 Å². The van der Waals surface area contributed by atoms with Crippen LogP contribution < -0.4 is 0 Å². The average molecular weight is 363 g/mol. The van der Waals surface area contributed by atoms with E-state index < -0.39 is 6.10 Å². The molecule has 0 bridgehead atoms. The third kappa shape index (κ3) is 3.60. The Morgan fingerprint density at radius 1 is 1.22 bits per heavy atom. The number of carbonyl (C=O) groups excluding carboxylic acids is 1. The van der Waals surface area contributed by atoms with Crippen LogP contribution in [0.4, 0.5) is 0 Å². The molecule has 1 aromatic heterocycles. The van der Waals surface area contributed by atoms with Gasteiger partial charge in [0.25, 0.3) is 0 Å². The lowest BCUT2D eigenvalue weighted by Gasteiger charge is -2.36. The molecule has 3 aromatic rings. The monoisotopic (exact) mass is 363 g/mol. The standard InChI is InChI=1S/C22H25N3O2/c1-2-21-23-10-12-24(21)15-22(27)25-11-9-19(20(26)14-25)18-8-7-16-5-3-4-6-17(16)13-18/h3-8,10,12-13,19-20,26H,2,9,11,14-15H2,1H3/t19-,20+/m1/s1. The van der Waals surface area contributed by atoms with Gasteiger partial charge in [-0.15, -0.1) is 0 Å². The van der Waals surface area contributed by atoms with Gasteiger partial charge in [0.2, 0.25) is 5.91 Å². The number of rotatable bonds is 4. The molecule has 5 heteroatoms. The van der Waals surface area contributed by atoms with Gasteiger partial charge in [-0.3, -0.25) is 4.79 Å². The third-order valence-electron chi connectivity index (χ3n) is 5.56. The van der Waals surface area contributed by atoms with Crippen molar-refractivity contribution in [3.8, 4) is 0 Å². The fraction of sp³-hybridized carbons (Fsp3) is 0.364. The van der Waals surface area contributed by atoms with Gasteiger partial charge < -0.3 is 14.6 Å². The summed E-state index contributed by atoms with van der Waals surface area (Å²) in [5.74, 6) is 1.02. The minimum absolute atomic E-state index is 0.0405. The molecule has 1 N–H and O–H groups in total. The first-order valence-corrected chi connectivity index (χ1v) is 9.60. The number of imidazole rings is 1. The van der Waals surface area contributed by atoms with Crippen LogP contribution in [-0.4, -0.2) is 44.7 Å². The lowest BCUT2D eigenvalue weighted by Crippen LogP contribution is -2.46. The highest BCUT2D eigenvalue weighted by Gasteiger charge is 2.31. The number of β-amino-alcohol motifs (C(OH)–C–C–N with tert-alkyl or cyclic N) is 1. The van der Waals surface area contributed by atoms with Crippen LogP contribution in [-0.2, 0) is 17.8 Å². The summed E-state index contributed by atoms with van der Waals surface area (Å²) in [6.07, 6.45) is 4.60. The summed E-state index contributed by atoms with van der Waals surface area (Å²) in [5.41, 5.74) is 1.15. The fourth-order valence-electron chi connectivity index (χ4n) is 4.03. The Bertz CT molecular complexity index is 949. The lowest BCUT2D eigenvalue weighted by molar-refractivity contribution is -0.135. The molecule has 1 fully saturated rings. The van der Waals surface area contributed by atoms with E-state index in [1.165, 1.54) is 10.8 Å². The smallest absolute Gasteiger partial charge is 0.242 e. The molecule has 2 aromatic carbocycles. The second-order valence-electron chi connectivity index (χ2n) is 7.23. The molecule has 0 radical (unpaired) electrons. The average Bonchev–Trinajstić information content (AvgIpc) is 3.14. The van der Waals surface area contributed by atoms with Crippen LogP contribution in [0.3, 0.4) is 0 Å². The summed E-state index contributed by atoms with van der Waals surface area (Å²) in [5, 5.41) is 13.1. The molecule has 1 aliphatic rings. The number of aromatic nitrogens is 2. The van der Waals surface area contributed by atoms with Crippen LogP contribution in [0.5, 0.6) is 0 Å². The quantitative estimate of drug-likeness (QED) is 0.775. The number of hydrogen-bond acceptors (Lipinski definition) is 3. The molecule has 27 heavy (non-hydrogen) atoms. The first-order valence-electron chi connectivity index (χ1n) is 9.60. The van der Waals surface area contributed by atoms with Crippen LogP contribution in [0.2, 0.25) is 0 Å². The van der Waals surface area contributed by atoms with Crippen molar-refractivity contribution in [3.63, 3.8) is 0 Å². The van der Waals surface area contributed by atoms with Crippen molar-refractivity contribution in [1.29, 1.82) is 0 Å². The van der Waals surface area contributed by atoms with E-state index in [0.717, 1.165) is 24.2 Å². The highest BCUT2D eigenvalue weighted by atomic mass is 16.3. The Morgan fingerprint density at radius 2 is 2.04 bits per heavy atom. The number of nitrogens with zero attached hydrogens (tertiary/aromatic N) is 3. The van der Waals surface area contributed by atoms with E-state index in [9.17, 15) is 9.90 Å². The number of piperidine rings is 1. The maximum atomic E-state index is 12.7. The van der Waals surface area contributed by atoms with Crippen LogP contribution in [0.25, 0.3) is 10.8 Å². The van der Waals surface area contributed by atoms with Crippen molar-refractivity contribution in [3.05, 3.63) is 66.2 Å². The fourth-order valence-corrected chi connectivity index (χ4v) is 4.03. The number of aryl methyl sites for hydroxylation is 1. The number of likely N-dealkylation sites (tertiary alicyclic amines) is 1. The molecule has 0 spiro atoms. The van der Waals surface area contributed by atoms with Crippen molar-refractivity contribution in [1.82, 2.24) is 14.5 Å². The zero-order chi connectivity index (χ0) is 18.8. The van der Waals surface area contributed by atoms with E-state index in [0.29, 0.717) is 13.1 Å². The molecular weight excluding hydrogens is 338 g/mol. The van der Waals surface area contributed by atoms with E-state index in [2.05, 4.69) is 35.3 Å². The molecule has 0 saturated carbocycles. The molecule has 0 unspecified atom stereocenters. The number of fused-ring (bicyclic) bond motifs is 1. The second kappa shape index (κ2) is 7.53. The predicted octanol–water partition coefficient (Wildman–Crippen LogP) is 2.98. The maximum Gasteiger partial charge on any atom is 0.242 e. The summed E-state index contributed by atoms with van der Waals surface area (Å²) < 4.78 is 1.89. The SMILES string of the molecule is CCc1nccn1CC(=O)N1CC[C@H](c2ccc3ccccc3c2)[C@@H](O)C1. The van der Waals surface area contributed by atoms with Crippen LogP contribution in [0.15, 0.2) is 54.9 Å². The van der Waals surface area contributed by atoms with E-state index >= 15 is 0 Å². The van der Waals surface area contributed by atoms with Crippen LogP contribution in [0.1, 0.15) is 30.7 Å². The number of carbonyl (C=O) groups is 1. The van der Waals surface area contributed by atoms with Gasteiger partial charge in [-0.25, -0.2) is 4.98 Å². The highest BCUT2D eigenvalue weighted by Crippen LogP contribution is 2.30. The molecule has 1 aliphatic heterocycles.